The topological polar surface area (TPSA) is 90.0 Å². The van der Waals surface area contributed by atoms with Crippen LogP contribution in [0.5, 0.6) is 0 Å². The molecule has 7 nitrogen and oxygen atoms in total. The van der Waals surface area contributed by atoms with Crippen molar-refractivity contribution >= 4 is 39.4 Å². The molecule has 9 heteroatoms. The van der Waals surface area contributed by atoms with Gasteiger partial charge in [-0.2, -0.15) is 0 Å². The van der Waals surface area contributed by atoms with Crippen LogP contribution in [0, 0.1) is 6.92 Å². The Balaban J connectivity index is 2.52. The van der Waals surface area contributed by atoms with E-state index in [1.807, 2.05) is 6.26 Å². The minimum absolute atomic E-state index is 0.0491. The number of aryl methyl sites for hydroxylation is 1. The zero-order valence-corrected chi connectivity index (χ0v) is 18.3. The number of benzene rings is 2. The van der Waals surface area contributed by atoms with E-state index in [-0.39, 0.29) is 17.2 Å². The Labute approximate surface area is 175 Å². The summed E-state index contributed by atoms with van der Waals surface area (Å²) in [5, 5.41) is 0. The number of anilines is 1. The van der Waals surface area contributed by atoms with E-state index in [9.17, 15) is 18.0 Å². The maximum atomic E-state index is 13.3. The molecule has 0 saturated carbocycles. The van der Waals surface area contributed by atoms with Crippen LogP contribution in [-0.4, -0.2) is 46.9 Å². The summed E-state index contributed by atoms with van der Waals surface area (Å²) in [4.78, 5) is 24.9. The summed E-state index contributed by atoms with van der Waals surface area (Å²) in [5.41, 5.74) is 1.08. The molecule has 2 aromatic carbocycles. The van der Waals surface area contributed by atoms with Crippen molar-refractivity contribution in [1.82, 2.24) is 0 Å². The van der Waals surface area contributed by atoms with Gasteiger partial charge >= 0.3 is 11.9 Å². The third-order valence-corrected chi connectivity index (χ3v) is 6.64. The molecule has 0 aromatic heterocycles. The van der Waals surface area contributed by atoms with Crippen molar-refractivity contribution in [2.45, 2.75) is 23.6 Å². The van der Waals surface area contributed by atoms with Crippen LogP contribution in [0.25, 0.3) is 0 Å². The van der Waals surface area contributed by atoms with Gasteiger partial charge in [0.25, 0.3) is 10.0 Å². The summed E-state index contributed by atoms with van der Waals surface area (Å²) in [6.45, 7) is 3.10. The molecule has 0 saturated heterocycles. The predicted octanol–water partition coefficient (Wildman–Crippen LogP) is 3.26. The molecule has 0 spiro atoms. The summed E-state index contributed by atoms with van der Waals surface area (Å²) in [5.74, 6) is -1.21. The van der Waals surface area contributed by atoms with E-state index in [0.717, 1.165) is 9.20 Å². The number of carbonyl (C=O) groups is 2. The first-order valence-electron chi connectivity index (χ1n) is 8.76. The van der Waals surface area contributed by atoms with E-state index in [1.54, 1.807) is 26.0 Å². The highest BCUT2D eigenvalue weighted by molar-refractivity contribution is 7.98. The van der Waals surface area contributed by atoms with Crippen LogP contribution < -0.4 is 4.31 Å². The standard InChI is InChI=1S/C20H23NO6S2/c1-5-27-20(23)15-6-11-18(14(2)12-15)21(13-19(22)26-3)29(24,25)17-9-7-16(28-4)8-10-17/h6-12H,5,13H2,1-4H3. The molecule has 2 aromatic rings. The second-order valence-corrected chi connectivity index (χ2v) is 8.73. The number of esters is 2. The Bertz CT molecular complexity index is 987. The quantitative estimate of drug-likeness (QED) is 0.462. The fourth-order valence-electron chi connectivity index (χ4n) is 2.63. The highest BCUT2D eigenvalue weighted by Crippen LogP contribution is 2.29. The van der Waals surface area contributed by atoms with Crippen molar-refractivity contribution < 1.29 is 27.5 Å². The Hall–Kier alpha value is -2.52. The summed E-state index contributed by atoms with van der Waals surface area (Å²) in [6.07, 6.45) is 1.89. The zero-order valence-electron chi connectivity index (χ0n) is 16.7. The molecule has 0 aliphatic carbocycles. The Morgan fingerprint density at radius 3 is 2.28 bits per heavy atom. The zero-order chi connectivity index (χ0) is 21.6. The van der Waals surface area contributed by atoms with E-state index in [4.69, 9.17) is 4.74 Å². The van der Waals surface area contributed by atoms with Gasteiger partial charge in [-0.3, -0.25) is 9.10 Å². The van der Waals surface area contributed by atoms with Gasteiger partial charge in [0.1, 0.15) is 6.54 Å². The van der Waals surface area contributed by atoms with Crippen molar-refractivity contribution in [1.29, 1.82) is 0 Å². The van der Waals surface area contributed by atoms with Gasteiger partial charge in [-0.15, -0.1) is 11.8 Å². The number of hydrogen-bond donors (Lipinski definition) is 0. The lowest BCUT2D eigenvalue weighted by Crippen LogP contribution is -2.36. The number of nitrogens with zero attached hydrogens (tertiary/aromatic N) is 1. The van der Waals surface area contributed by atoms with Crippen LogP contribution in [0.15, 0.2) is 52.3 Å². The molecular formula is C20H23NO6S2. The normalized spacial score (nSPS) is 11.0. The predicted molar refractivity (Wildman–Crippen MR) is 112 cm³/mol. The third kappa shape index (κ3) is 5.30. The maximum absolute atomic E-state index is 13.3. The van der Waals surface area contributed by atoms with Crippen molar-refractivity contribution in [3.8, 4) is 0 Å². The summed E-state index contributed by atoms with van der Waals surface area (Å²) in [7, 11) is -2.85. The lowest BCUT2D eigenvalue weighted by molar-refractivity contribution is -0.138. The minimum Gasteiger partial charge on any atom is -0.468 e. The molecule has 0 unspecified atom stereocenters. The fraction of sp³-hybridized carbons (Fsp3) is 0.300. The van der Waals surface area contributed by atoms with Crippen molar-refractivity contribution in [3.05, 3.63) is 53.6 Å². The Morgan fingerprint density at radius 2 is 1.76 bits per heavy atom. The number of sulfonamides is 1. The Morgan fingerprint density at radius 1 is 1.10 bits per heavy atom. The second kappa shape index (κ2) is 9.80. The van der Waals surface area contributed by atoms with Gasteiger partial charge in [-0.25, -0.2) is 13.2 Å². The number of rotatable bonds is 8. The smallest absolute Gasteiger partial charge is 0.338 e. The van der Waals surface area contributed by atoms with Gasteiger partial charge in [0.15, 0.2) is 0 Å². The Kier molecular flexibility index (Phi) is 7.69. The van der Waals surface area contributed by atoms with Crippen LogP contribution >= 0.6 is 11.8 Å². The van der Waals surface area contributed by atoms with E-state index >= 15 is 0 Å². The lowest BCUT2D eigenvalue weighted by atomic mass is 10.1. The lowest BCUT2D eigenvalue weighted by Gasteiger charge is -2.25. The van der Waals surface area contributed by atoms with Gasteiger partial charge in [0.05, 0.1) is 29.9 Å². The molecule has 0 radical (unpaired) electrons. The van der Waals surface area contributed by atoms with Crippen molar-refractivity contribution in [2.24, 2.45) is 0 Å². The van der Waals surface area contributed by atoms with Gasteiger partial charge in [-0.1, -0.05) is 0 Å². The van der Waals surface area contributed by atoms with Crippen LogP contribution in [0.4, 0.5) is 5.69 Å². The average Bonchev–Trinajstić information content (AvgIpc) is 2.72. The largest absolute Gasteiger partial charge is 0.468 e. The first-order valence-corrected chi connectivity index (χ1v) is 11.4. The second-order valence-electron chi connectivity index (χ2n) is 5.99. The highest BCUT2D eigenvalue weighted by atomic mass is 32.2. The van der Waals surface area contributed by atoms with Crippen LogP contribution in [0.3, 0.4) is 0 Å². The van der Waals surface area contributed by atoms with E-state index in [2.05, 4.69) is 4.74 Å². The first-order chi connectivity index (χ1) is 13.7. The molecule has 29 heavy (non-hydrogen) atoms. The highest BCUT2D eigenvalue weighted by Gasteiger charge is 2.29. The van der Waals surface area contributed by atoms with Crippen molar-refractivity contribution in [3.63, 3.8) is 0 Å². The molecule has 0 aliphatic heterocycles. The van der Waals surface area contributed by atoms with E-state index in [0.29, 0.717) is 11.1 Å². The molecule has 0 aliphatic rings. The van der Waals surface area contributed by atoms with Gasteiger partial charge in [-0.05, 0) is 68.1 Å². The minimum atomic E-state index is -4.04. The molecule has 0 atom stereocenters. The van der Waals surface area contributed by atoms with Crippen LogP contribution in [0.2, 0.25) is 0 Å². The maximum Gasteiger partial charge on any atom is 0.338 e. The summed E-state index contributed by atoms with van der Waals surface area (Å²) >= 11 is 1.49. The number of hydrogen-bond acceptors (Lipinski definition) is 7. The molecular weight excluding hydrogens is 414 g/mol. The SMILES string of the molecule is CCOC(=O)c1ccc(N(CC(=O)OC)S(=O)(=O)c2ccc(SC)cc2)c(C)c1. The molecule has 0 N–H and O–H groups in total. The molecule has 2 rings (SSSR count). The fourth-order valence-corrected chi connectivity index (χ4v) is 4.51. The van der Waals surface area contributed by atoms with Gasteiger partial charge < -0.3 is 9.47 Å². The number of ether oxygens (including phenoxy) is 2. The van der Waals surface area contributed by atoms with Crippen LogP contribution in [0.1, 0.15) is 22.8 Å². The van der Waals surface area contributed by atoms with Gasteiger partial charge in [0, 0.05) is 4.90 Å². The average molecular weight is 438 g/mol. The number of thioether (sulfide) groups is 1. The monoisotopic (exact) mass is 437 g/mol. The molecule has 0 heterocycles. The molecule has 156 valence electrons. The summed E-state index contributed by atoms with van der Waals surface area (Å²) in [6, 6.07) is 10.9. The van der Waals surface area contributed by atoms with E-state index < -0.39 is 28.5 Å². The van der Waals surface area contributed by atoms with Gasteiger partial charge in [0.2, 0.25) is 0 Å². The van der Waals surface area contributed by atoms with Crippen molar-refractivity contribution in [2.75, 3.05) is 30.8 Å². The molecule has 0 amide bonds. The summed E-state index contributed by atoms with van der Waals surface area (Å²) < 4.78 is 37.2. The van der Waals surface area contributed by atoms with Crippen LogP contribution in [-0.2, 0) is 24.3 Å². The number of methoxy groups -OCH3 is 1. The number of carbonyl (C=O) groups excluding carboxylic acids is 2. The third-order valence-electron chi connectivity index (χ3n) is 4.12. The molecule has 0 fully saturated rings. The molecule has 0 bridgehead atoms. The van der Waals surface area contributed by atoms with E-state index in [1.165, 1.54) is 49.2 Å². The first kappa shape index (κ1) is 22.8.